The van der Waals surface area contributed by atoms with Gasteiger partial charge in [0.1, 0.15) is 6.54 Å². The van der Waals surface area contributed by atoms with Crippen LogP contribution in [-0.4, -0.2) is 30.6 Å². The molecule has 7 nitrogen and oxygen atoms in total. The van der Waals surface area contributed by atoms with E-state index in [1.54, 1.807) is 29.3 Å². The number of carbonyl (C=O) groups is 1. The topological polar surface area (TPSA) is 85.6 Å². The number of hydrogen-bond acceptors (Lipinski definition) is 6. The number of hydrogen-bond donors (Lipinski definition) is 1. The van der Waals surface area contributed by atoms with Crippen molar-refractivity contribution in [2.75, 3.05) is 0 Å². The number of aromatic nitrogens is 5. The second-order valence-electron chi connectivity index (χ2n) is 5.35. The van der Waals surface area contributed by atoms with Crippen molar-refractivity contribution in [3.05, 3.63) is 60.0 Å². The summed E-state index contributed by atoms with van der Waals surface area (Å²) in [5, 5.41) is 10.8. The number of nitrogens with zero attached hydrogens (tertiary/aromatic N) is 5. The Morgan fingerprint density at radius 3 is 2.88 bits per heavy atom. The van der Waals surface area contributed by atoms with E-state index in [0.717, 1.165) is 21.6 Å². The van der Waals surface area contributed by atoms with E-state index in [0.29, 0.717) is 12.4 Å². The van der Waals surface area contributed by atoms with E-state index in [1.807, 2.05) is 29.6 Å². The largest absolute Gasteiger partial charge is 0.349 e. The molecule has 0 unspecified atom stereocenters. The predicted molar refractivity (Wildman–Crippen MR) is 94.7 cm³/mol. The summed E-state index contributed by atoms with van der Waals surface area (Å²) in [7, 11) is 0. The maximum absolute atomic E-state index is 12.2. The zero-order chi connectivity index (χ0) is 17.1. The minimum absolute atomic E-state index is 0.112. The Labute approximate surface area is 147 Å². The Bertz CT molecular complexity index is 1010. The highest BCUT2D eigenvalue weighted by atomic mass is 32.1. The van der Waals surface area contributed by atoms with Gasteiger partial charge in [0, 0.05) is 23.2 Å². The van der Waals surface area contributed by atoms with Crippen LogP contribution in [0.3, 0.4) is 0 Å². The molecule has 0 spiro atoms. The van der Waals surface area contributed by atoms with Crippen LogP contribution in [0.15, 0.2) is 54.3 Å². The Hall–Kier alpha value is -3.13. The van der Waals surface area contributed by atoms with Crippen molar-refractivity contribution in [2.24, 2.45) is 0 Å². The lowest BCUT2D eigenvalue weighted by Crippen LogP contribution is -2.27. The molecule has 0 fully saturated rings. The Morgan fingerprint density at radius 2 is 2.00 bits per heavy atom. The molecule has 8 heteroatoms. The van der Waals surface area contributed by atoms with Crippen LogP contribution < -0.4 is 5.32 Å². The number of carbonyl (C=O) groups excluding carboxylic acids is 1. The normalized spacial score (nSPS) is 10.9. The minimum Gasteiger partial charge on any atom is -0.349 e. The fraction of sp³-hybridized carbons (Fsp3) is 0.118. The summed E-state index contributed by atoms with van der Waals surface area (Å²) in [6.45, 7) is 0.535. The van der Waals surface area contributed by atoms with Gasteiger partial charge >= 0.3 is 0 Å². The summed E-state index contributed by atoms with van der Waals surface area (Å²) in [4.78, 5) is 25.0. The predicted octanol–water partition coefficient (Wildman–Crippen LogP) is 2.27. The van der Waals surface area contributed by atoms with Crippen molar-refractivity contribution < 1.29 is 4.79 Å². The molecule has 3 heterocycles. The third-order valence-corrected chi connectivity index (χ3v) is 4.51. The van der Waals surface area contributed by atoms with E-state index < -0.39 is 0 Å². The lowest BCUT2D eigenvalue weighted by molar-refractivity contribution is -0.121. The van der Waals surface area contributed by atoms with Gasteiger partial charge in [-0.25, -0.2) is 15.0 Å². The number of benzene rings is 1. The fourth-order valence-corrected chi connectivity index (χ4v) is 3.20. The van der Waals surface area contributed by atoms with E-state index in [1.165, 1.54) is 11.3 Å². The Morgan fingerprint density at radius 1 is 1.16 bits per heavy atom. The maximum Gasteiger partial charge on any atom is 0.242 e. The van der Waals surface area contributed by atoms with Gasteiger partial charge in [-0.3, -0.25) is 9.48 Å². The van der Waals surface area contributed by atoms with Crippen molar-refractivity contribution in [3.8, 4) is 10.8 Å². The lowest BCUT2D eigenvalue weighted by atomic mass is 10.2. The van der Waals surface area contributed by atoms with E-state index in [-0.39, 0.29) is 12.5 Å². The van der Waals surface area contributed by atoms with Gasteiger partial charge in [0.25, 0.3) is 0 Å². The molecule has 1 N–H and O–H groups in total. The SMILES string of the molecule is O=C(Cn1ncc2ccccc21)NCc1csc(-c2ncccn2)n1. The van der Waals surface area contributed by atoms with E-state index in [9.17, 15) is 4.79 Å². The van der Waals surface area contributed by atoms with Crippen LogP contribution in [0.2, 0.25) is 0 Å². The molecule has 0 radical (unpaired) electrons. The van der Waals surface area contributed by atoms with Gasteiger partial charge in [0.2, 0.25) is 5.91 Å². The van der Waals surface area contributed by atoms with Crippen molar-refractivity contribution in [1.29, 1.82) is 0 Å². The molecule has 0 bridgehead atoms. The molecule has 0 aliphatic carbocycles. The van der Waals surface area contributed by atoms with Crippen LogP contribution >= 0.6 is 11.3 Å². The number of rotatable bonds is 5. The number of para-hydroxylation sites is 1. The first-order valence-corrected chi connectivity index (χ1v) is 8.56. The molecule has 0 saturated carbocycles. The summed E-state index contributed by atoms with van der Waals surface area (Å²) in [5.41, 5.74) is 1.72. The quantitative estimate of drug-likeness (QED) is 0.597. The highest BCUT2D eigenvalue weighted by Crippen LogP contribution is 2.19. The van der Waals surface area contributed by atoms with Gasteiger partial charge in [-0.05, 0) is 12.1 Å². The monoisotopic (exact) mass is 350 g/mol. The van der Waals surface area contributed by atoms with Gasteiger partial charge in [0.15, 0.2) is 10.8 Å². The fourth-order valence-electron chi connectivity index (χ4n) is 2.43. The summed E-state index contributed by atoms with van der Waals surface area (Å²) >= 11 is 1.46. The first-order valence-electron chi connectivity index (χ1n) is 7.68. The summed E-state index contributed by atoms with van der Waals surface area (Å²) in [6, 6.07) is 9.56. The maximum atomic E-state index is 12.2. The van der Waals surface area contributed by atoms with E-state index in [2.05, 4.69) is 25.4 Å². The summed E-state index contributed by atoms with van der Waals surface area (Å²) in [5.74, 6) is 0.479. The standard InChI is InChI=1S/C17H14N6OS/c24-15(10-23-14-5-2-1-4-12(14)8-21-23)20-9-13-11-25-17(22-13)16-18-6-3-7-19-16/h1-8,11H,9-10H2,(H,20,24). The molecule has 3 aromatic heterocycles. The Balaban J connectivity index is 1.38. The van der Waals surface area contributed by atoms with Gasteiger partial charge in [-0.15, -0.1) is 11.3 Å². The number of thiazole rings is 1. The molecule has 4 rings (SSSR count). The smallest absolute Gasteiger partial charge is 0.242 e. The zero-order valence-electron chi connectivity index (χ0n) is 13.2. The van der Waals surface area contributed by atoms with Gasteiger partial charge in [-0.1, -0.05) is 18.2 Å². The van der Waals surface area contributed by atoms with E-state index >= 15 is 0 Å². The highest BCUT2D eigenvalue weighted by molar-refractivity contribution is 7.13. The third kappa shape index (κ3) is 3.38. The van der Waals surface area contributed by atoms with Crippen molar-refractivity contribution >= 4 is 28.1 Å². The molecule has 0 atom stereocenters. The first kappa shape index (κ1) is 15.4. The van der Waals surface area contributed by atoms with Crippen LogP contribution in [0.4, 0.5) is 0 Å². The number of amides is 1. The average molecular weight is 350 g/mol. The van der Waals surface area contributed by atoms with Crippen LogP contribution in [0, 0.1) is 0 Å². The zero-order valence-corrected chi connectivity index (χ0v) is 14.0. The van der Waals surface area contributed by atoms with Gasteiger partial charge < -0.3 is 5.32 Å². The number of nitrogens with one attached hydrogen (secondary N) is 1. The van der Waals surface area contributed by atoms with E-state index in [4.69, 9.17) is 0 Å². The molecule has 0 aliphatic heterocycles. The molecule has 0 aliphatic rings. The van der Waals surface area contributed by atoms with Crippen LogP contribution in [0.5, 0.6) is 0 Å². The molecular weight excluding hydrogens is 336 g/mol. The van der Waals surface area contributed by atoms with Crippen LogP contribution in [0.1, 0.15) is 5.69 Å². The van der Waals surface area contributed by atoms with Crippen molar-refractivity contribution in [3.63, 3.8) is 0 Å². The Kier molecular flexibility index (Phi) is 4.17. The highest BCUT2D eigenvalue weighted by Gasteiger charge is 2.10. The van der Waals surface area contributed by atoms with Crippen LogP contribution in [0.25, 0.3) is 21.7 Å². The third-order valence-electron chi connectivity index (χ3n) is 3.62. The van der Waals surface area contributed by atoms with Gasteiger partial charge in [-0.2, -0.15) is 5.10 Å². The summed E-state index contributed by atoms with van der Waals surface area (Å²) in [6.07, 6.45) is 5.12. The van der Waals surface area contributed by atoms with Crippen LogP contribution in [-0.2, 0) is 17.9 Å². The molecule has 4 aromatic rings. The first-order chi connectivity index (χ1) is 12.3. The molecule has 1 aromatic carbocycles. The van der Waals surface area contributed by atoms with Crippen molar-refractivity contribution in [2.45, 2.75) is 13.1 Å². The van der Waals surface area contributed by atoms with Gasteiger partial charge in [0.05, 0.1) is 24.0 Å². The van der Waals surface area contributed by atoms with Crippen molar-refractivity contribution in [1.82, 2.24) is 30.0 Å². The average Bonchev–Trinajstić information content (AvgIpc) is 3.28. The minimum atomic E-state index is -0.112. The second kappa shape index (κ2) is 6.78. The molecular formula is C17H14N6OS. The molecule has 0 saturated heterocycles. The number of fused-ring (bicyclic) bond motifs is 1. The second-order valence-corrected chi connectivity index (χ2v) is 6.21. The lowest BCUT2D eigenvalue weighted by Gasteiger charge is -2.05. The summed E-state index contributed by atoms with van der Waals surface area (Å²) < 4.78 is 1.69. The molecule has 124 valence electrons. The molecule has 1 amide bonds. The molecule has 25 heavy (non-hydrogen) atoms.